The van der Waals surface area contributed by atoms with Crippen LogP contribution in [0.4, 0.5) is 0 Å². The lowest BCUT2D eigenvalue weighted by atomic mass is 10.0. The normalized spacial score (nSPS) is 12.3. The van der Waals surface area contributed by atoms with Crippen molar-refractivity contribution in [2.24, 2.45) is 0 Å². The monoisotopic (exact) mass is 334 g/mol. The van der Waals surface area contributed by atoms with E-state index in [4.69, 9.17) is 9.97 Å². The summed E-state index contributed by atoms with van der Waals surface area (Å²) in [5.74, 6) is 0. The number of hydrogen-bond donors (Lipinski definition) is 0. The first-order chi connectivity index (χ1) is 12.8. The molecule has 1 aliphatic heterocycles. The second kappa shape index (κ2) is 6.23. The molecule has 0 atom stereocenters. The van der Waals surface area contributed by atoms with E-state index in [2.05, 4.69) is 84.9 Å². The summed E-state index contributed by atoms with van der Waals surface area (Å²) < 4.78 is 0. The molecule has 1 aliphatic rings. The van der Waals surface area contributed by atoms with Gasteiger partial charge in [0.15, 0.2) is 0 Å². The zero-order chi connectivity index (χ0) is 17.3. The van der Waals surface area contributed by atoms with E-state index in [1.165, 1.54) is 11.1 Å². The van der Waals surface area contributed by atoms with Gasteiger partial charge in [-0.2, -0.15) is 0 Å². The summed E-state index contributed by atoms with van der Waals surface area (Å²) in [6.45, 7) is 0. The Hall–Kier alpha value is -3.26. The lowest BCUT2D eigenvalue weighted by Crippen LogP contribution is -1.98. The van der Waals surface area contributed by atoms with Crippen molar-refractivity contribution in [1.29, 1.82) is 0 Å². The number of rotatable bonds is 0. The van der Waals surface area contributed by atoms with Crippen molar-refractivity contribution in [1.82, 2.24) is 9.97 Å². The van der Waals surface area contributed by atoms with Crippen LogP contribution in [0, 0.1) is 0 Å². The topological polar surface area (TPSA) is 25.8 Å². The molecule has 0 N–H and O–H groups in total. The molecule has 0 radical (unpaired) electrons. The largest absolute Gasteiger partial charge is 0.252 e. The molecule has 4 aromatic rings. The van der Waals surface area contributed by atoms with Crippen LogP contribution in [0.5, 0.6) is 0 Å². The van der Waals surface area contributed by atoms with Crippen molar-refractivity contribution in [2.45, 2.75) is 12.8 Å². The van der Waals surface area contributed by atoms with E-state index >= 15 is 0 Å². The Morgan fingerprint density at radius 1 is 0.500 bits per heavy atom. The Morgan fingerprint density at radius 3 is 1.58 bits per heavy atom. The van der Waals surface area contributed by atoms with E-state index in [1.807, 2.05) is 0 Å². The summed E-state index contributed by atoms with van der Waals surface area (Å²) in [7, 11) is 0. The first-order valence-corrected chi connectivity index (χ1v) is 8.94. The summed E-state index contributed by atoms with van der Waals surface area (Å²) in [5.41, 5.74) is 9.04. The van der Waals surface area contributed by atoms with Crippen molar-refractivity contribution >= 4 is 0 Å². The fourth-order valence-electron chi connectivity index (χ4n) is 3.58. The Kier molecular flexibility index (Phi) is 3.60. The lowest BCUT2D eigenvalue weighted by Gasteiger charge is -2.11. The maximum atomic E-state index is 4.90. The molecule has 2 nitrogen and oxygen atoms in total. The van der Waals surface area contributed by atoms with Gasteiger partial charge < -0.3 is 0 Å². The number of pyridine rings is 2. The molecule has 3 heterocycles. The van der Waals surface area contributed by atoms with E-state index in [-0.39, 0.29) is 0 Å². The molecule has 5 rings (SSSR count). The van der Waals surface area contributed by atoms with Gasteiger partial charge in [0.1, 0.15) is 0 Å². The molecular weight excluding hydrogens is 316 g/mol. The highest BCUT2D eigenvalue weighted by Gasteiger charge is 2.08. The van der Waals surface area contributed by atoms with E-state index < -0.39 is 0 Å². The van der Waals surface area contributed by atoms with Gasteiger partial charge in [-0.05, 0) is 41.5 Å². The molecule has 2 aromatic heterocycles. The minimum absolute atomic E-state index is 0.842. The van der Waals surface area contributed by atoms with Crippen molar-refractivity contribution in [2.75, 3.05) is 0 Å². The van der Waals surface area contributed by atoms with Crippen molar-refractivity contribution < 1.29 is 0 Å². The Labute approximate surface area is 153 Å². The molecule has 0 amide bonds. The molecule has 0 aliphatic carbocycles. The highest BCUT2D eigenvalue weighted by molar-refractivity contribution is 5.69. The minimum atomic E-state index is 0.842. The molecule has 124 valence electrons. The van der Waals surface area contributed by atoms with Gasteiger partial charge in [-0.1, -0.05) is 54.6 Å². The van der Waals surface area contributed by atoms with Crippen LogP contribution in [-0.2, 0) is 12.8 Å². The Balaban J connectivity index is 1.74. The fraction of sp³-hybridized carbons (Fsp3) is 0.0833. The van der Waals surface area contributed by atoms with Crippen LogP contribution in [0.15, 0.2) is 84.9 Å². The smallest absolute Gasteiger partial charge is 0.0705 e. The van der Waals surface area contributed by atoms with Crippen LogP contribution in [0.25, 0.3) is 22.5 Å². The van der Waals surface area contributed by atoms with Crippen LogP contribution in [-0.4, -0.2) is 9.97 Å². The number of nitrogens with zero attached hydrogens (tertiary/aromatic N) is 2. The molecule has 26 heavy (non-hydrogen) atoms. The van der Waals surface area contributed by atoms with Gasteiger partial charge in [0.05, 0.1) is 11.4 Å². The van der Waals surface area contributed by atoms with E-state index in [0.717, 1.165) is 46.7 Å². The highest BCUT2D eigenvalue weighted by atomic mass is 14.7. The van der Waals surface area contributed by atoms with Gasteiger partial charge in [0, 0.05) is 35.4 Å². The maximum absolute atomic E-state index is 4.90. The fourth-order valence-corrected chi connectivity index (χ4v) is 3.58. The summed E-state index contributed by atoms with van der Waals surface area (Å²) in [6.07, 6.45) is 1.68. The van der Waals surface area contributed by atoms with E-state index in [0.29, 0.717) is 0 Å². The quantitative estimate of drug-likeness (QED) is 0.384. The molecule has 0 saturated carbocycles. The SMILES string of the molecule is c1cc2cc(c1)Cc1cccc(n1)-c1cccc(c1)-c1cccc(n1)C2. The van der Waals surface area contributed by atoms with Gasteiger partial charge in [0.2, 0.25) is 0 Å². The number of aromatic nitrogens is 2. The first kappa shape index (κ1) is 15.0. The average Bonchev–Trinajstić information content (AvgIpc) is 2.68. The van der Waals surface area contributed by atoms with E-state index in [9.17, 15) is 0 Å². The molecule has 2 aromatic carbocycles. The molecule has 2 heteroatoms. The molecular formula is C24H18N2. The van der Waals surface area contributed by atoms with Crippen molar-refractivity contribution in [3.63, 3.8) is 0 Å². The molecule has 0 unspecified atom stereocenters. The first-order valence-electron chi connectivity index (χ1n) is 8.94. The molecule has 0 spiro atoms. The maximum Gasteiger partial charge on any atom is 0.0705 e. The third kappa shape index (κ3) is 2.91. The molecule has 8 bridgehead atoms. The lowest BCUT2D eigenvalue weighted by molar-refractivity contribution is 1.04. The predicted octanol–water partition coefficient (Wildman–Crippen LogP) is 5.31. The molecule has 0 fully saturated rings. The predicted molar refractivity (Wildman–Crippen MR) is 105 cm³/mol. The summed E-state index contributed by atoms with van der Waals surface area (Å²) in [6, 6.07) is 29.8. The van der Waals surface area contributed by atoms with Gasteiger partial charge in [-0.25, -0.2) is 0 Å². The zero-order valence-corrected chi connectivity index (χ0v) is 14.4. The Bertz CT molecular complexity index is 1020. The summed E-state index contributed by atoms with van der Waals surface area (Å²) >= 11 is 0. The van der Waals surface area contributed by atoms with Crippen molar-refractivity contribution in [3.8, 4) is 22.5 Å². The summed E-state index contributed by atoms with van der Waals surface area (Å²) in [5, 5.41) is 0. The van der Waals surface area contributed by atoms with E-state index in [1.54, 1.807) is 0 Å². The second-order valence-corrected chi connectivity index (χ2v) is 6.78. The van der Waals surface area contributed by atoms with Gasteiger partial charge in [-0.3, -0.25) is 9.97 Å². The average molecular weight is 334 g/mol. The van der Waals surface area contributed by atoms with Crippen LogP contribution in [0.1, 0.15) is 22.5 Å². The van der Waals surface area contributed by atoms with Gasteiger partial charge in [0.25, 0.3) is 0 Å². The number of hydrogen-bond acceptors (Lipinski definition) is 2. The Morgan fingerprint density at radius 2 is 1.00 bits per heavy atom. The van der Waals surface area contributed by atoms with Crippen LogP contribution < -0.4 is 0 Å². The third-order valence-corrected chi connectivity index (χ3v) is 4.83. The number of benzene rings is 2. The molecule has 0 saturated heterocycles. The summed E-state index contributed by atoms with van der Waals surface area (Å²) in [4.78, 5) is 9.80. The van der Waals surface area contributed by atoms with Crippen LogP contribution in [0.2, 0.25) is 0 Å². The van der Waals surface area contributed by atoms with Crippen LogP contribution in [0.3, 0.4) is 0 Å². The third-order valence-electron chi connectivity index (χ3n) is 4.83. The minimum Gasteiger partial charge on any atom is -0.252 e. The van der Waals surface area contributed by atoms with Crippen molar-refractivity contribution in [3.05, 3.63) is 107 Å². The van der Waals surface area contributed by atoms with Gasteiger partial charge in [-0.15, -0.1) is 0 Å². The van der Waals surface area contributed by atoms with Crippen LogP contribution >= 0.6 is 0 Å². The standard InChI is InChI=1S/C24H18N2/c1-5-17-13-18(6-1)15-22-10-4-12-24(26-22)20-8-2-7-19(16-20)23-11-3-9-21(14-17)25-23/h1-13,16H,14-15H2. The highest BCUT2D eigenvalue weighted by Crippen LogP contribution is 2.26. The van der Waals surface area contributed by atoms with Gasteiger partial charge >= 0.3 is 0 Å². The number of fused-ring (bicyclic) bond motifs is 10. The second-order valence-electron chi connectivity index (χ2n) is 6.78. The zero-order valence-electron chi connectivity index (χ0n) is 14.4.